The van der Waals surface area contributed by atoms with Gasteiger partial charge in [-0.2, -0.15) is 0 Å². The van der Waals surface area contributed by atoms with Crippen molar-refractivity contribution in [2.75, 3.05) is 18.0 Å². The van der Waals surface area contributed by atoms with Crippen LogP contribution < -0.4 is 10.6 Å². The molecule has 96 valence electrons. The van der Waals surface area contributed by atoms with Crippen molar-refractivity contribution in [3.63, 3.8) is 0 Å². The number of nitro benzene ring substituents is 1. The summed E-state index contributed by atoms with van der Waals surface area (Å²) in [5, 5.41) is 10.9. The summed E-state index contributed by atoms with van der Waals surface area (Å²) in [6, 6.07) is 3.17. The Bertz CT molecular complexity index is 506. The number of halogens is 1. The van der Waals surface area contributed by atoms with Crippen LogP contribution in [0.4, 0.5) is 15.8 Å². The number of carbonyl (C=O) groups is 1. The van der Waals surface area contributed by atoms with Gasteiger partial charge in [0, 0.05) is 13.0 Å². The fourth-order valence-corrected chi connectivity index (χ4v) is 2.04. The highest BCUT2D eigenvalue weighted by Gasteiger charge is 2.33. The summed E-state index contributed by atoms with van der Waals surface area (Å²) in [6.45, 7) is 0.680. The summed E-state index contributed by atoms with van der Waals surface area (Å²) in [4.78, 5) is 23.2. The van der Waals surface area contributed by atoms with Crippen LogP contribution in [0.2, 0.25) is 0 Å². The molecule has 1 saturated heterocycles. The zero-order valence-electron chi connectivity index (χ0n) is 9.51. The van der Waals surface area contributed by atoms with E-state index in [0.717, 1.165) is 12.1 Å². The number of rotatable bonds is 3. The maximum Gasteiger partial charge on any atom is 0.295 e. The molecule has 6 nitrogen and oxygen atoms in total. The third-order valence-electron chi connectivity index (χ3n) is 2.96. The smallest absolute Gasteiger partial charge is 0.295 e. The second-order valence-corrected chi connectivity index (χ2v) is 4.20. The first kappa shape index (κ1) is 12.4. The van der Waals surface area contributed by atoms with E-state index in [1.54, 1.807) is 0 Å². The first-order chi connectivity index (χ1) is 8.52. The zero-order valence-corrected chi connectivity index (χ0v) is 9.51. The minimum absolute atomic E-state index is 0.0119. The number of carbonyl (C=O) groups excluding carboxylic acids is 1. The van der Waals surface area contributed by atoms with Gasteiger partial charge in [0.25, 0.3) is 5.69 Å². The molecule has 7 heteroatoms. The molecule has 0 aliphatic carbocycles. The van der Waals surface area contributed by atoms with Crippen molar-refractivity contribution < 1.29 is 14.1 Å². The van der Waals surface area contributed by atoms with Crippen LogP contribution in [0, 0.1) is 21.8 Å². The van der Waals surface area contributed by atoms with Gasteiger partial charge in [-0.25, -0.2) is 4.39 Å². The average Bonchev–Trinajstić information content (AvgIpc) is 2.70. The molecule has 0 bridgehead atoms. The molecule has 1 heterocycles. The first-order valence-electron chi connectivity index (χ1n) is 5.47. The van der Waals surface area contributed by atoms with E-state index in [1.807, 2.05) is 0 Å². The van der Waals surface area contributed by atoms with Crippen LogP contribution in [-0.4, -0.2) is 23.9 Å². The van der Waals surface area contributed by atoms with Crippen molar-refractivity contribution in [1.29, 1.82) is 0 Å². The topological polar surface area (TPSA) is 89.5 Å². The van der Waals surface area contributed by atoms with Gasteiger partial charge < -0.3 is 10.6 Å². The molecule has 2 N–H and O–H groups in total. The van der Waals surface area contributed by atoms with Crippen LogP contribution in [0.15, 0.2) is 18.2 Å². The number of benzene rings is 1. The maximum absolute atomic E-state index is 13.0. The number of nitro groups is 1. The second-order valence-electron chi connectivity index (χ2n) is 4.20. The molecule has 1 unspecified atom stereocenters. The van der Waals surface area contributed by atoms with Gasteiger partial charge >= 0.3 is 0 Å². The first-order valence-corrected chi connectivity index (χ1v) is 5.47. The van der Waals surface area contributed by atoms with E-state index >= 15 is 0 Å². The fraction of sp³-hybridized carbons (Fsp3) is 0.364. The van der Waals surface area contributed by atoms with Crippen LogP contribution >= 0.6 is 0 Å². The SMILES string of the molecule is NCC1CC(=O)N(c2ccc(F)cc2[N+](=O)[O-])C1. The third-order valence-corrected chi connectivity index (χ3v) is 2.96. The molecule has 1 atom stereocenters. The molecule has 1 fully saturated rings. The number of hydrogen-bond donors (Lipinski definition) is 1. The Labute approximate surface area is 102 Å². The number of anilines is 1. The van der Waals surface area contributed by atoms with Crippen LogP contribution in [0.3, 0.4) is 0 Å². The van der Waals surface area contributed by atoms with Crippen LogP contribution in [0.5, 0.6) is 0 Å². The minimum atomic E-state index is -0.701. The molecular formula is C11H12FN3O3. The molecule has 0 saturated carbocycles. The van der Waals surface area contributed by atoms with Gasteiger partial charge in [-0.05, 0) is 24.6 Å². The molecule has 1 aliphatic heterocycles. The van der Waals surface area contributed by atoms with Gasteiger partial charge in [-0.3, -0.25) is 14.9 Å². The highest BCUT2D eigenvalue weighted by Crippen LogP contribution is 2.33. The Hall–Kier alpha value is -2.02. The Balaban J connectivity index is 2.39. The molecule has 1 amide bonds. The summed E-state index contributed by atoms with van der Waals surface area (Å²) in [5.41, 5.74) is 5.21. The largest absolute Gasteiger partial charge is 0.330 e. The monoisotopic (exact) mass is 253 g/mol. The fourth-order valence-electron chi connectivity index (χ4n) is 2.04. The average molecular weight is 253 g/mol. The van der Waals surface area contributed by atoms with Gasteiger partial charge in [-0.1, -0.05) is 0 Å². The van der Waals surface area contributed by atoms with Gasteiger partial charge in [0.2, 0.25) is 5.91 Å². The van der Waals surface area contributed by atoms with E-state index in [4.69, 9.17) is 5.73 Å². The van der Waals surface area contributed by atoms with E-state index in [0.29, 0.717) is 13.1 Å². The molecule has 1 aliphatic rings. The lowest BCUT2D eigenvalue weighted by molar-refractivity contribution is -0.384. The lowest BCUT2D eigenvalue weighted by Gasteiger charge is -2.16. The summed E-state index contributed by atoms with van der Waals surface area (Å²) < 4.78 is 13.0. The number of nitrogens with zero attached hydrogens (tertiary/aromatic N) is 2. The van der Waals surface area contributed by atoms with Gasteiger partial charge in [0.15, 0.2) is 0 Å². The van der Waals surface area contributed by atoms with Crippen LogP contribution in [0.1, 0.15) is 6.42 Å². The van der Waals surface area contributed by atoms with Crippen molar-refractivity contribution >= 4 is 17.3 Å². The molecule has 1 aromatic rings. The number of nitrogens with two attached hydrogens (primary N) is 1. The zero-order chi connectivity index (χ0) is 13.3. The predicted molar refractivity (Wildman–Crippen MR) is 62.6 cm³/mol. The van der Waals surface area contributed by atoms with E-state index < -0.39 is 16.4 Å². The standard InChI is InChI=1S/C11H12FN3O3/c12-8-1-2-9(10(4-8)15(17)18)14-6-7(5-13)3-11(14)16/h1-2,4,7H,3,5-6,13H2. The van der Waals surface area contributed by atoms with E-state index in [2.05, 4.69) is 0 Å². The Morgan fingerprint density at radius 3 is 2.83 bits per heavy atom. The van der Waals surface area contributed by atoms with E-state index in [-0.39, 0.29) is 23.9 Å². The number of amides is 1. The van der Waals surface area contributed by atoms with E-state index in [9.17, 15) is 19.3 Å². The van der Waals surface area contributed by atoms with Crippen LogP contribution in [0.25, 0.3) is 0 Å². The van der Waals surface area contributed by atoms with Gasteiger partial charge in [0.05, 0.1) is 11.0 Å². The third kappa shape index (κ3) is 2.17. The van der Waals surface area contributed by atoms with Gasteiger partial charge in [-0.15, -0.1) is 0 Å². The summed E-state index contributed by atoms with van der Waals surface area (Å²) >= 11 is 0. The normalized spacial score (nSPS) is 19.3. The molecule has 2 rings (SSSR count). The van der Waals surface area contributed by atoms with Crippen molar-refractivity contribution in [3.05, 3.63) is 34.1 Å². The highest BCUT2D eigenvalue weighted by molar-refractivity contribution is 5.97. The predicted octanol–water partition coefficient (Wildman–Crippen LogP) is 1.05. The number of hydrogen-bond acceptors (Lipinski definition) is 4. The van der Waals surface area contributed by atoms with Gasteiger partial charge in [0.1, 0.15) is 11.5 Å². The van der Waals surface area contributed by atoms with E-state index in [1.165, 1.54) is 11.0 Å². The molecule has 0 spiro atoms. The Morgan fingerprint density at radius 2 is 2.28 bits per heavy atom. The molecule has 1 aromatic carbocycles. The van der Waals surface area contributed by atoms with Crippen molar-refractivity contribution in [3.8, 4) is 0 Å². The second kappa shape index (κ2) is 4.69. The summed E-state index contributed by atoms with van der Waals surface area (Å²) in [5.74, 6) is -0.935. The van der Waals surface area contributed by atoms with Crippen molar-refractivity contribution in [2.24, 2.45) is 11.7 Å². The minimum Gasteiger partial charge on any atom is -0.330 e. The lowest BCUT2D eigenvalue weighted by atomic mass is 10.1. The van der Waals surface area contributed by atoms with Crippen LogP contribution in [-0.2, 0) is 4.79 Å². The molecule has 0 radical (unpaired) electrons. The van der Waals surface area contributed by atoms with Crippen molar-refractivity contribution in [2.45, 2.75) is 6.42 Å². The molecular weight excluding hydrogens is 241 g/mol. The molecule has 0 aromatic heterocycles. The Morgan fingerprint density at radius 1 is 1.56 bits per heavy atom. The molecule has 18 heavy (non-hydrogen) atoms. The lowest BCUT2D eigenvalue weighted by Crippen LogP contribution is -2.26. The summed E-state index contributed by atoms with van der Waals surface area (Å²) in [6.07, 6.45) is 0.269. The Kier molecular flexibility index (Phi) is 3.24. The highest BCUT2D eigenvalue weighted by atomic mass is 19.1. The quantitative estimate of drug-likeness (QED) is 0.644. The maximum atomic E-state index is 13.0. The van der Waals surface area contributed by atoms with Crippen molar-refractivity contribution in [1.82, 2.24) is 0 Å². The summed E-state index contributed by atoms with van der Waals surface area (Å²) in [7, 11) is 0.